The predicted octanol–water partition coefficient (Wildman–Crippen LogP) is 4.66. The normalized spacial score (nSPS) is 12.1. The first-order chi connectivity index (χ1) is 10.6. The van der Waals surface area contributed by atoms with Crippen molar-refractivity contribution in [2.75, 3.05) is 0 Å². The van der Waals surface area contributed by atoms with Crippen LogP contribution in [0.1, 0.15) is 37.9 Å². The standard InChI is InChI=1S/C16H18Cl2N2O2/c1-2-3-4-16(21)22-15(10-20-8-7-19-11-20)13-6-5-12(17)9-14(13)18/h5-9,11,15H,2-4,10H2,1H3. The summed E-state index contributed by atoms with van der Waals surface area (Å²) < 4.78 is 7.47. The van der Waals surface area contributed by atoms with E-state index in [1.165, 1.54) is 0 Å². The molecule has 1 unspecified atom stereocenters. The third kappa shape index (κ3) is 4.75. The van der Waals surface area contributed by atoms with Gasteiger partial charge in [0.05, 0.1) is 12.9 Å². The van der Waals surface area contributed by atoms with Crippen molar-refractivity contribution in [1.82, 2.24) is 9.55 Å². The zero-order chi connectivity index (χ0) is 15.9. The molecule has 1 heterocycles. The maximum atomic E-state index is 12.0. The van der Waals surface area contributed by atoms with Gasteiger partial charge in [0.1, 0.15) is 6.10 Å². The lowest BCUT2D eigenvalue weighted by Gasteiger charge is -2.20. The summed E-state index contributed by atoms with van der Waals surface area (Å²) in [6, 6.07) is 5.18. The van der Waals surface area contributed by atoms with Crippen LogP contribution >= 0.6 is 23.2 Å². The van der Waals surface area contributed by atoms with Crippen molar-refractivity contribution >= 4 is 29.2 Å². The molecule has 2 aromatic rings. The molecule has 4 nitrogen and oxygen atoms in total. The van der Waals surface area contributed by atoms with Crippen molar-refractivity contribution in [3.8, 4) is 0 Å². The van der Waals surface area contributed by atoms with Crippen molar-refractivity contribution in [2.24, 2.45) is 0 Å². The molecule has 0 amide bonds. The SMILES string of the molecule is CCCCC(=O)OC(Cn1ccnc1)c1ccc(Cl)cc1Cl. The number of esters is 1. The molecule has 0 saturated heterocycles. The first-order valence-electron chi connectivity index (χ1n) is 7.20. The van der Waals surface area contributed by atoms with Gasteiger partial charge in [0.25, 0.3) is 0 Å². The molecular weight excluding hydrogens is 323 g/mol. The molecule has 0 bridgehead atoms. The second kappa shape index (κ2) is 8.20. The zero-order valence-electron chi connectivity index (χ0n) is 12.3. The Hall–Kier alpha value is -1.52. The monoisotopic (exact) mass is 340 g/mol. The first-order valence-corrected chi connectivity index (χ1v) is 7.96. The van der Waals surface area contributed by atoms with Crippen molar-refractivity contribution in [2.45, 2.75) is 38.8 Å². The molecule has 0 radical (unpaired) electrons. The van der Waals surface area contributed by atoms with Crippen molar-refractivity contribution in [3.63, 3.8) is 0 Å². The Morgan fingerprint density at radius 3 is 2.86 bits per heavy atom. The molecule has 1 aromatic carbocycles. The number of benzene rings is 1. The van der Waals surface area contributed by atoms with Crippen LogP contribution in [-0.2, 0) is 16.1 Å². The second-order valence-corrected chi connectivity index (χ2v) is 5.85. The average molecular weight is 341 g/mol. The summed E-state index contributed by atoms with van der Waals surface area (Å²) in [5, 5.41) is 1.04. The Labute approximate surface area is 140 Å². The van der Waals surface area contributed by atoms with Gasteiger partial charge in [-0.1, -0.05) is 42.6 Å². The van der Waals surface area contributed by atoms with E-state index < -0.39 is 6.10 Å². The fourth-order valence-electron chi connectivity index (χ4n) is 2.09. The van der Waals surface area contributed by atoms with E-state index in [4.69, 9.17) is 27.9 Å². The molecule has 0 aliphatic carbocycles. The highest BCUT2D eigenvalue weighted by Crippen LogP contribution is 2.30. The third-order valence-electron chi connectivity index (χ3n) is 3.25. The van der Waals surface area contributed by atoms with Gasteiger partial charge in [0.15, 0.2) is 0 Å². The van der Waals surface area contributed by atoms with Gasteiger partial charge in [0, 0.05) is 34.4 Å². The van der Waals surface area contributed by atoms with Gasteiger partial charge in [-0.05, 0) is 18.6 Å². The molecule has 118 valence electrons. The number of ether oxygens (including phenoxy) is 1. The number of aromatic nitrogens is 2. The number of halogens is 2. The van der Waals surface area contributed by atoms with Crippen LogP contribution in [0, 0.1) is 0 Å². The van der Waals surface area contributed by atoms with E-state index >= 15 is 0 Å². The van der Waals surface area contributed by atoms with Crippen LogP contribution in [-0.4, -0.2) is 15.5 Å². The van der Waals surface area contributed by atoms with E-state index in [1.54, 1.807) is 30.7 Å². The van der Waals surface area contributed by atoms with E-state index in [0.717, 1.165) is 18.4 Å². The lowest BCUT2D eigenvalue weighted by atomic mass is 10.1. The molecule has 6 heteroatoms. The average Bonchev–Trinajstić information content (AvgIpc) is 2.97. The maximum absolute atomic E-state index is 12.0. The summed E-state index contributed by atoms with van der Waals surface area (Å²) in [6.07, 6.45) is 6.87. The number of carbonyl (C=O) groups excluding carboxylic acids is 1. The van der Waals surface area contributed by atoms with Crippen LogP contribution in [0.4, 0.5) is 0 Å². The van der Waals surface area contributed by atoms with E-state index in [9.17, 15) is 4.79 Å². The fourth-order valence-corrected chi connectivity index (χ4v) is 2.62. The molecule has 0 saturated carbocycles. The van der Waals surface area contributed by atoms with Gasteiger partial charge in [-0.15, -0.1) is 0 Å². The Morgan fingerprint density at radius 2 is 2.23 bits per heavy atom. The van der Waals surface area contributed by atoms with Crippen LogP contribution in [0.15, 0.2) is 36.9 Å². The van der Waals surface area contributed by atoms with Gasteiger partial charge in [-0.3, -0.25) is 4.79 Å². The summed E-state index contributed by atoms with van der Waals surface area (Å²) in [5.74, 6) is -0.224. The Morgan fingerprint density at radius 1 is 1.41 bits per heavy atom. The van der Waals surface area contributed by atoms with Crippen molar-refractivity contribution in [3.05, 3.63) is 52.5 Å². The predicted molar refractivity (Wildman–Crippen MR) is 87.0 cm³/mol. The number of rotatable bonds is 7. The number of unbranched alkanes of at least 4 members (excludes halogenated alkanes) is 1. The van der Waals surface area contributed by atoms with Crippen LogP contribution in [0.5, 0.6) is 0 Å². The number of hydrogen-bond donors (Lipinski definition) is 0. The summed E-state index contributed by atoms with van der Waals surface area (Å²) in [5.41, 5.74) is 0.740. The number of carbonyl (C=O) groups is 1. The van der Waals surface area contributed by atoms with Gasteiger partial charge >= 0.3 is 5.97 Å². The first kappa shape index (κ1) is 16.8. The fraction of sp³-hybridized carbons (Fsp3) is 0.375. The van der Waals surface area contributed by atoms with Crippen LogP contribution in [0.3, 0.4) is 0 Å². The zero-order valence-corrected chi connectivity index (χ0v) is 13.8. The molecule has 0 aliphatic heterocycles. The van der Waals surface area contributed by atoms with Crippen LogP contribution in [0.25, 0.3) is 0 Å². The summed E-state index contributed by atoms with van der Waals surface area (Å²) in [4.78, 5) is 16.0. The van der Waals surface area contributed by atoms with Crippen molar-refractivity contribution in [1.29, 1.82) is 0 Å². The lowest BCUT2D eigenvalue weighted by Crippen LogP contribution is -2.16. The molecule has 0 aliphatic rings. The summed E-state index contributed by atoms with van der Waals surface area (Å²) in [6.45, 7) is 2.49. The highest BCUT2D eigenvalue weighted by Gasteiger charge is 2.20. The minimum Gasteiger partial charge on any atom is -0.455 e. The molecule has 1 atom stereocenters. The number of hydrogen-bond acceptors (Lipinski definition) is 3. The summed E-state index contributed by atoms with van der Waals surface area (Å²) >= 11 is 12.2. The van der Waals surface area contributed by atoms with Gasteiger partial charge in [-0.25, -0.2) is 4.98 Å². The number of nitrogens with zero attached hydrogens (tertiary/aromatic N) is 2. The molecular formula is C16H18Cl2N2O2. The minimum absolute atomic E-state index is 0.224. The molecule has 0 spiro atoms. The summed E-state index contributed by atoms with van der Waals surface area (Å²) in [7, 11) is 0. The molecule has 22 heavy (non-hydrogen) atoms. The highest BCUT2D eigenvalue weighted by molar-refractivity contribution is 6.35. The van der Waals surface area contributed by atoms with Gasteiger partial charge in [0.2, 0.25) is 0 Å². The third-order valence-corrected chi connectivity index (χ3v) is 3.82. The van der Waals surface area contributed by atoms with E-state index in [0.29, 0.717) is 23.0 Å². The Bertz CT molecular complexity index is 615. The van der Waals surface area contributed by atoms with Crippen molar-refractivity contribution < 1.29 is 9.53 Å². The minimum atomic E-state index is -0.469. The smallest absolute Gasteiger partial charge is 0.306 e. The molecule has 0 N–H and O–H groups in total. The van der Waals surface area contributed by atoms with Crippen LogP contribution < -0.4 is 0 Å². The maximum Gasteiger partial charge on any atom is 0.306 e. The van der Waals surface area contributed by atoms with E-state index in [2.05, 4.69) is 4.98 Å². The quantitative estimate of drug-likeness (QED) is 0.688. The highest BCUT2D eigenvalue weighted by atomic mass is 35.5. The molecule has 2 rings (SSSR count). The van der Waals surface area contributed by atoms with Crippen LogP contribution in [0.2, 0.25) is 10.0 Å². The lowest BCUT2D eigenvalue weighted by molar-refractivity contribution is -0.150. The van der Waals surface area contributed by atoms with E-state index in [1.807, 2.05) is 17.7 Å². The Kier molecular flexibility index (Phi) is 6.28. The number of imidazole rings is 1. The molecule has 0 fully saturated rings. The van der Waals surface area contributed by atoms with Gasteiger partial charge in [-0.2, -0.15) is 0 Å². The van der Waals surface area contributed by atoms with Gasteiger partial charge < -0.3 is 9.30 Å². The Balaban J connectivity index is 2.18. The second-order valence-electron chi connectivity index (χ2n) is 5.01. The largest absolute Gasteiger partial charge is 0.455 e. The molecule has 1 aromatic heterocycles. The van der Waals surface area contributed by atoms with E-state index in [-0.39, 0.29) is 5.97 Å². The topological polar surface area (TPSA) is 44.1 Å².